The van der Waals surface area contributed by atoms with Crippen LogP contribution in [0.3, 0.4) is 0 Å². The van der Waals surface area contributed by atoms with Crippen LogP contribution in [0.1, 0.15) is 13.8 Å². The molecule has 12 heavy (non-hydrogen) atoms. The molecule has 0 aliphatic heterocycles. The van der Waals surface area contributed by atoms with Crippen LogP contribution in [0.2, 0.25) is 0 Å². The van der Waals surface area contributed by atoms with Crippen LogP contribution in [0.4, 0.5) is 0 Å². The van der Waals surface area contributed by atoms with E-state index in [-0.39, 0.29) is 5.96 Å². The third-order valence-electron chi connectivity index (χ3n) is 1.23. The summed E-state index contributed by atoms with van der Waals surface area (Å²) in [6.45, 7) is 5.85. The lowest BCUT2D eigenvalue weighted by Gasteiger charge is -2.09. The Morgan fingerprint density at radius 2 is 1.75 bits per heavy atom. The Morgan fingerprint density at radius 1 is 1.50 bits per heavy atom. The van der Waals surface area contributed by atoms with Gasteiger partial charge in [0.05, 0.1) is 18.2 Å². The first kappa shape index (κ1) is 13.2. The predicted octanol–water partition coefficient (Wildman–Crippen LogP) is -1.43. The lowest BCUT2D eigenvalue weighted by atomic mass is 10.5. The van der Waals surface area contributed by atoms with Crippen LogP contribution in [0.5, 0.6) is 0 Å². The Hall–Kier alpha value is -1.37. The van der Waals surface area contributed by atoms with Crippen molar-refractivity contribution in [3.05, 3.63) is 15.3 Å². The van der Waals surface area contributed by atoms with Crippen molar-refractivity contribution in [3.63, 3.8) is 0 Å². The highest BCUT2D eigenvalue weighted by atomic mass is 16.9. The maximum absolute atomic E-state index is 8.25. The first-order chi connectivity index (χ1) is 5.45. The standard InChI is InChI=1S/C5H13N3.NO3/c1-3-8(4-2)5(6)7;2-1(3)4/h3-4H2,1-2H3,(H3,6,7);/q;-1/p+1. The maximum atomic E-state index is 8.25. The quantitative estimate of drug-likeness (QED) is 0.207. The number of hydrogen-bond donors (Lipinski definition) is 3. The molecule has 7 nitrogen and oxygen atoms in total. The Labute approximate surface area is 70.4 Å². The van der Waals surface area contributed by atoms with E-state index < -0.39 is 5.09 Å². The van der Waals surface area contributed by atoms with Crippen LogP contribution in [0, 0.1) is 20.7 Å². The van der Waals surface area contributed by atoms with Crippen LogP contribution < -0.4 is 10.6 Å². The molecular formula is C5H14N4O3. The largest absolute Gasteiger partial charge is 0.356 e. The zero-order chi connectivity index (χ0) is 10.1. The minimum Gasteiger partial charge on any atom is -0.356 e. The van der Waals surface area contributed by atoms with Gasteiger partial charge in [0.1, 0.15) is 0 Å². The molecule has 7 heteroatoms. The molecule has 0 aromatic carbocycles. The molecule has 0 bridgehead atoms. The molecule has 0 spiro atoms. The van der Waals surface area contributed by atoms with Crippen LogP contribution in [-0.2, 0) is 0 Å². The molecule has 72 valence electrons. The second kappa shape index (κ2) is 7.73. The fourth-order valence-electron chi connectivity index (χ4n) is 0.631. The number of nitrogens with one attached hydrogen (secondary N) is 2. The lowest BCUT2D eigenvalue weighted by Crippen LogP contribution is -3.15. The van der Waals surface area contributed by atoms with Gasteiger partial charge in [0.25, 0.3) is 5.96 Å². The number of nitrogens with two attached hydrogens (primary N) is 1. The van der Waals surface area contributed by atoms with Crippen LogP contribution in [-0.4, -0.2) is 24.1 Å². The monoisotopic (exact) mass is 178 g/mol. The van der Waals surface area contributed by atoms with E-state index in [1.165, 1.54) is 0 Å². The average Bonchev–Trinajstić information content (AvgIpc) is 1.87. The van der Waals surface area contributed by atoms with Crippen molar-refractivity contribution in [3.8, 4) is 0 Å². The molecule has 0 saturated carbocycles. The van der Waals surface area contributed by atoms with Crippen LogP contribution in [0.15, 0.2) is 0 Å². The number of rotatable bonds is 2. The van der Waals surface area contributed by atoms with Crippen LogP contribution >= 0.6 is 0 Å². The second-order valence-corrected chi connectivity index (χ2v) is 1.95. The molecule has 0 atom stereocenters. The van der Waals surface area contributed by atoms with Crippen molar-refractivity contribution in [2.75, 3.05) is 13.1 Å². The fraction of sp³-hybridized carbons (Fsp3) is 0.800. The van der Waals surface area contributed by atoms with Crippen molar-refractivity contribution < 1.29 is 9.99 Å². The molecule has 0 aromatic heterocycles. The third kappa shape index (κ3) is 11.4. The second-order valence-electron chi connectivity index (χ2n) is 1.95. The molecule has 0 aliphatic carbocycles. The summed E-state index contributed by atoms with van der Waals surface area (Å²) in [5.41, 5.74) is 5.20. The van der Waals surface area contributed by atoms with E-state index in [0.717, 1.165) is 18.0 Å². The first-order valence-corrected chi connectivity index (χ1v) is 3.46. The molecule has 0 heterocycles. The van der Waals surface area contributed by atoms with Gasteiger partial charge < -0.3 is 21.1 Å². The minimum atomic E-state index is -1.75. The van der Waals surface area contributed by atoms with Crippen molar-refractivity contribution in [2.45, 2.75) is 13.8 Å². The Balaban J connectivity index is 0. The van der Waals surface area contributed by atoms with E-state index in [0.29, 0.717) is 0 Å². The molecule has 0 amide bonds. The summed E-state index contributed by atoms with van der Waals surface area (Å²) in [7, 11) is 0. The van der Waals surface area contributed by atoms with Gasteiger partial charge in [0.15, 0.2) is 0 Å². The molecule has 4 N–H and O–H groups in total. The molecule has 0 aromatic rings. The highest BCUT2D eigenvalue weighted by Crippen LogP contribution is 1.45. The smallest absolute Gasteiger partial charge is 0.290 e. The first-order valence-electron chi connectivity index (χ1n) is 3.46. The highest BCUT2D eigenvalue weighted by Gasteiger charge is 2.03. The van der Waals surface area contributed by atoms with Crippen molar-refractivity contribution in [1.82, 2.24) is 0 Å². The Bertz CT molecular complexity index is 142. The molecular weight excluding hydrogens is 164 g/mol. The summed E-state index contributed by atoms with van der Waals surface area (Å²) in [6, 6.07) is 0. The zero-order valence-corrected chi connectivity index (χ0v) is 7.16. The van der Waals surface area contributed by atoms with Gasteiger partial charge in [-0.15, -0.1) is 0 Å². The Kier molecular flexibility index (Phi) is 8.53. The van der Waals surface area contributed by atoms with E-state index in [2.05, 4.69) is 0 Å². The number of nitrogens with zero attached hydrogens (tertiary/aromatic N) is 1. The molecule has 0 rings (SSSR count). The van der Waals surface area contributed by atoms with E-state index in [1.54, 1.807) is 0 Å². The Morgan fingerprint density at radius 3 is 1.75 bits per heavy atom. The number of quaternary nitrogens is 1. The molecule has 0 saturated heterocycles. The lowest BCUT2D eigenvalue weighted by molar-refractivity contribution is -0.803. The van der Waals surface area contributed by atoms with E-state index in [9.17, 15) is 0 Å². The normalized spacial score (nSPS) is 8.58. The van der Waals surface area contributed by atoms with E-state index >= 15 is 0 Å². The van der Waals surface area contributed by atoms with Gasteiger partial charge in [-0.05, 0) is 13.8 Å². The van der Waals surface area contributed by atoms with Gasteiger partial charge >= 0.3 is 0 Å². The molecule has 0 aliphatic rings. The predicted molar refractivity (Wildman–Crippen MR) is 44.3 cm³/mol. The SMILES string of the molecule is CC[NH+](CC)C(=N)N.O=[N+]([O-])[O-]. The number of guanidine groups is 1. The fourth-order valence-corrected chi connectivity index (χ4v) is 0.631. The summed E-state index contributed by atoms with van der Waals surface area (Å²) in [6.07, 6.45) is 0. The summed E-state index contributed by atoms with van der Waals surface area (Å²) in [5.74, 6) is 0.245. The summed E-state index contributed by atoms with van der Waals surface area (Å²) < 4.78 is 0. The highest BCUT2D eigenvalue weighted by molar-refractivity contribution is 5.64. The van der Waals surface area contributed by atoms with E-state index in [1.807, 2.05) is 13.8 Å². The van der Waals surface area contributed by atoms with Crippen molar-refractivity contribution in [2.24, 2.45) is 5.73 Å². The zero-order valence-electron chi connectivity index (χ0n) is 7.16. The molecule has 0 fully saturated rings. The van der Waals surface area contributed by atoms with E-state index in [4.69, 9.17) is 26.5 Å². The van der Waals surface area contributed by atoms with Gasteiger partial charge in [0, 0.05) is 0 Å². The topological polar surface area (TPSA) is 121 Å². The summed E-state index contributed by atoms with van der Waals surface area (Å²) >= 11 is 0. The van der Waals surface area contributed by atoms with Crippen LogP contribution in [0.25, 0.3) is 0 Å². The molecule has 0 unspecified atom stereocenters. The van der Waals surface area contributed by atoms with Gasteiger partial charge in [-0.1, -0.05) is 0 Å². The third-order valence-corrected chi connectivity index (χ3v) is 1.23. The maximum Gasteiger partial charge on any atom is 0.290 e. The van der Waals surface area contributed by atoms with Crippen molar-refractivity contribution >= 4 is 5.96 Å². The minimum absolute atomic E-state index is 0.245. The van der Waals surface area contributed by atoms with Crippen molar-refractivity contribution in [1.29, 1.82) is 5.41 Å². The van der Waals surface area contributed by atoms with Gasteiger partial charge in [-0.3, -0.25) is 4.90 Å². The van der Waals surface area contributed by atoms with Gasteiger partial charge in [0.2, 0.25) is 0 Å². The molecule has 0 radical (unpaired) electrons. The number of hydrogen-bond acceptors (Lipinski definition) is 4. The summed E-state index contributed by atoms with van der Waals surface area (Å²) in [5, 5.41) is 21.7. The van der Waals surface area contributed by atoms with Gasteiger partial charge in [-0.2, -0.15) is 0 Å². The summed E-state index contributed by atoms with van der Waals surface area (Å²) in [4.78, 5) is 9.30. The average molecular weight is 178 g/mol. The van der Waals surface area contributed by atoms with Gasteiger partial charge in [-0.25, -0.2) is 5.41 Å².